The standard InChI is InChI=1S/C35H56O10/c1-16-12-19-26(30(4,5)41)45-35(44-19)24(16)31(6)10-11-34-15-33(34)9-8-21(43-27-23(39)22(38)18(37)14-42-27)29(2,3)20(33)13-17(36)25(34)32(31,7)28(35)40/h16-28,36-41H,8-15H2,1-7H3/t16-,17+,18-,19?,20+,21+,22+,23-,24-,25+,26?,27+,28-,31-,32-,33-,34+,35+/m1/s1. The van der Waals surface area contributed by atoms with Gasteiger partial charge in [-0.2, -0.15) is 0 Å². The largest absolute Gasteiger partial charge is 0.393 e. The van der Waals surface area contributed by atoms with E-state index in [0.29, 0.717) is 6.42 Å². The lowest BCUT2D eigenvalue weighted by atomic mass is 9.40. The first kappa shape index (κ1) is 31.8. The molecule has 8 rings (SSSR count). The van der Waals surface area contributed by atoms with Gasteiger partial charge in [-0.1, -0.05) is 34.6 Å². The van der Waals surface area contributed by atoms with Crippen molar-refractivity contribution in [1.82, 2.24) is 0 Å². The Morgan fingerprint density at radius 2 is 1.53 bits per heavy atom. The molecule has 2 bridgehead atoms. The Morgan fingerprint density at radius 3 is 2.22 bits per heavy atom. The molecule has 3 heterocycles. The highest BCUT2D eigenvalue weighted by Crippen LogP contribution is 2.90. The molecule has 0 radical (unpaired) electrons. The lowest BCUT2D eigenvalue weighted by Gasteiger charge is -2.64. The minimum atomic E-state index is -1.34. The number of ether oxygens (including phenoxy) is 4. The molecule has 3 spiro atoms. The lowest BCUT2D eigenvalue weighted by Crippen LogP contribution is -2.64. The third kappa shape index (κ3) is 3.56. The number of hydrogen-bond donors (Lipinski definition) is 6. The second kappa shape index (κ2) is 9.23. The normalized spacial score (nSPS) is 62.7. The number of rotatable bonds is 3. The predicted molar refractivity (Wildman–Crippen MR) is 160 cm³/mol. The van der Waals surface area contributed by atoms with Gasteiger partial charge in [-0.15, -0.1) is 0 Å². The molecule has 10 heteroatoms. The van der Waals surface area contributed by atoms with Gasteiger partial charge >= 0.3 is 0 Å². The summed E-state index contributed by atoms with van der Waals surface area (Å²) < 4.78 is 25.6. The summed E-state index contributed by atoms with van der Waals surface area (Å²) in [6, 6.07) is 0. The average molecular weight is 637 g/mol. The molecule has 0 aromatic heterocycles. The Morgan fingerprint density at radius 1 is 0.822 bits per heavy atom. The minimum Gasteiger partial charge on any atom is -0.393 e. The molecule has 3 saturated heterocycles. The first-order valence-electron chi connectivity index (χ1n) is 17.6. The van der Waals surface area contributed by atoms with Crippen molar-refractivity contribution >= 4 is 0 Å². The molecule has 256 valence electrons. The zero-order valence-electron chi connectivity index (χ0n) is 28.0. The van der Waals surface area contributed by atoms with E-state index >= 15 is 0 Å². The summed E-state index contributed by atoms with van der Waals surface area (Å²) in [7, 11) is 0. The highest BCUT2D eigenvalue weighted by molar-refractivity contribution is 5.35. The predicted octanol–water partition coefficient (Wildman–Crippen LogP) is 2.09. The summed E-state index contributed by atoms with van der Waals surface area (Å²) in [5.41, 5.74) is -2.54. The van der Waals surface area contributed by atoms with Gasteiger partial charge in [-0.25, -0.2) is 0 Å². The van der Waals surface area contributed by atoms with Crippen molar-refractivity contribution in [2.75, 3.05) is 6.61 Å². The molecule has 10 nitrogen and oxygen atoms in total. The molecule has 0 aromatic carbocycles. The zero-order chi connectivity index (χ0) is 32.5. The number of fused-ring (bicyclic) bond motifs is 4. The number of hydrogen-bond acceptors (Lipinski definition) is 10. The summed E-state index contributed by atoms with van der Waals surface area (Å²) in [5, 5.41) is 66.9. The monoisotopic (exact) mass is 636 g/mol. The zero-order valence-corrected chi connectivity index (χ0v) is 28.0. The average Bonchev–Trinajstić information content (AvgIpc) is 3.44. The second-order valence-electron chi connectivity index (χ2n) is 18.4. The highest BCUT2D eigenvalue weighted by Gasteiger charge is 2.89. The van der Waals surface area contributed by atoms with Gasteiger partial charge in [-0.05, 0) is 98.2 Å². The van der Waals surface area contributed by atoms with Crippen molar-refractivity contribution in [2.45, 2.75) is 160 Å². The fourth-order valence-electron chi connectivity index (χ4n) is 13.9. The first-order valence-corrected chi connectivity index (χ1v) is 17.6. The summed E-state index contributed by atoms with van der Waals surface area (Å²) >= 11 is 0. The fraction of sp³-hybridized carbons (Fsp3) is 1.00. The van der Waals surface area contributed by atoms with Crippen molar-refractivity contribution in [3.63, 3.8) is 0 Å². The number of aliphatic hydroxyl groups excluding tert-OH is 5. The molecular formula is C35H56O10. The molecular weight excluding hydrogens is 580 g/mol. The summed E-state index contributed by atoms with van der Waals surface area (Å²) in [6.45, 7) is 14.6. The van der Waals surface area contributed by atoms with Crippen LogP contribution in [0.2, 0.25) is 0 Å². The van der Waals surface area contributed by atoms with Crippen LogP contribution in [0.4, 0.5) is 0 Å². The van der Waals surface area contributed by atoms with Crippen LogP contribution in [-0.2, 0) is 18.9 Å². The van der Waals surface area contributed by atoms with Crippen LogP contribution in [0.5, 0.6) is 0 Å². The van der Waals surface area contributed by atoms with Crippen molar-refractivity contribution in [2.24, 2.45) is 50.7 Å². The van der Waals surface area contributed by atoms with E-state index in [9.17, 15) is 30.6 Å². The molecule has 45 heavy (non-hydrogen) atoms. The van der Waals surface area contributed by atoms with Gasteiger partial charge in [0.25, 0.3) is 0 Å². The molecule has 2 unspecified atom stereocenters. The van der Waals surface area contributed by atoms with Crippen LogP contribution in [0.15, 0.2) is 0 Å². The van der Waals surface area contributed by atoms with Gasteiger partial charge < -0.3 is 49.6 Å². The van der Waals surface area contributed by atoms with E-state index in [1.54, 1.807) is 13.8 Å². The Bertz CT molecular complexity index is 1240. The minimum absolute atomic E-state index is 0.0126. The van der Waals surface area contributed by atoms with Crippen LogP contribution in [0, 0.1) is 50.7 Å². The Balaban J connectivity index is 1.12. The van der Waals surface area contributed by atoms with Crippen molar-refractivity contribution in [3.05, 3.63) is 0 Å². The summed E-state index contributed by atoms with van der Waals surface area (Å²) in [6.07, 6.45) is -1.51. The third-order valence-electron chi connectivity index (χ3n) is 15.8. The Hall–Kier alpha value is -0.400. The molecule has 5 saturated carbocycles. The van der Waals surface area contributed by atoms with E-state index in [1.165, 1.54) is 0 Å². The van der Waals surface area contributed by atoms with E-state index in [4.69, 9.17) is 18.9 Å². The summed E-state index contributed by atoms with van der Waals surface area (Å²) in [4.78, 5) is 0. The molecule has 6 N–H and O–H groups in total. The molecule has 8 aliphatic rings. The quantitative estimate of drug-likeness (QED) is 0.254. The maximum absolute atomic E-state index is 12.7. The highest BCUT2D eigenvalue weighted by atomic mass is 16.8. The van der Waals surface area contributed by atoms with E-state index in [1.807, 2.05) is 0 Å². The van der Waals surface area contributed by atoms with E-state index in [2.05, 4.69) is 34.6 Å². The third-order valence-corrected chi connectivity index (χ3v) is 15.8. The smallest absolute Gasteiger partial charge is 0.199 e. The van der Waals surface area contributed by atoms with Gasteiger partial charge in [0.2, 0.25) is 0 Å². The van der Waals surface area contributed by atoms with Crippen LogP contribution in [0.1, 0.15) is 93.4 Å². The summed E-state index contributed by atoms with van der Waals surface area (Å²) in [5.74, 6) is -0.981. The molecule has 0 amide bonds. The fourth-order valence-corrected chi connectivity index (χ4v) is 13.9. The van der Waals surface area contributed by atoms with Crippen LogP contribution >= 0.6 is 0 Å². The van der Waals surface area contributed by atoms with E-state index in [0.717, 1.165) is 38.5 Å². The molecule has 8 fully saturated rings. The molecule has 5 aliphatic carbocycles. The van der Waals surface area contributed by atoms with Crippen LogP contribution in [0.25, 0.3) is 0 Å². The van der Waals surface area contributed by atoms with Crippen molar-refractivity contribution in [1.29, 1.82) is 0 Å². The van der Waals surface area contributed by atoms with Gasteiger partial charge in [0.05, 0.1) is 30.5 Å². The van der Waals surface area contributed by atoms with E-state index in [-0.39, 0.29) is 64.1 Å². The van der Waals surface area contributed by atoms with Crippen LogP contribution in [0.3, 0.4) is 0 Å². The van der Waals surface area contributed by atoms with E-state index < -0.39 is 59.7 Å². The first-order chi connectivity index (χ1) is 20.8. The Kier molecular flexibility index (Phi) is 6.53. The molecule has 18 atom stereocenters. The van der Waals surface area contributed by atoms with Crippen LogP contribution in [-0.4, -0.2) is 104 Å². The Labute approximate surface area is 266 Å². The maximum Gasteiger partial charge on any atom is 0.199 e. The van der Waals surface area contributed by atoms with Gasteiger partial charge in [0.15, 0.2) is 12.1 Å². The number of aliphatic hydroxyl groups is 6. The molecule has 3 aliphatic heterocycles. The SMILES string of the molecule is C[C@@H]1CC2O[C@@]3(OC2C(C)(C)O)[C@H](O)[C@@]2(C)[C@@H]4[C@@H](O)C[C@H]5C(C)(C)[C@@H](O[C@@H]6OC[C@@H](O)[C@H](O)[C@H]6O)CC[C@@]56C[C@@]46CC[C@]2(C)[C@@H]13. The van der Waals surface area contributed by atoms with Gasteiger partial charge in [0.1, 0.15) is 30.5 Å². The topological polar surface area (TPSA) is 158 Å². The van der Waals surface area contributed by atoms with Crippen molar-refractivity contribution < 1.29 is 49.6 Å². The van der Waals surface area contributed by atoms with Crippen molar-refractivity contribution in [3.8, 4) is 0 Å². The maximum atomic E-state index is 12.7. The van der Waals surface area contributed by atoms with Crippen LogP contribution < -0.4 is 0 Å². The second-order valence-corrected chi connectivity index (χ2v) is 18.4. The molecule has 0 aromatic rings. The van der Waals surface area contributed by atoms with Gasteiger partial charge in [-0.3, -0.25) is 0 Å². The van der Waals surface area contributed by atoms with Gasteiger partial charge in [0, 0.05) is 11.3 Å². The lowest BCUT2D eigenvalue weighted by molar-refractivity contribution is -0.305.